The number of aromatic nitrogens is 1. The monoisotopic (exact) mass is 405 g/mol. The van der Waals surface area contributed by atoms with Crippen molar-refractivity contribution >= 4 is 38.4 Å². The predicted octanol–water partition coefficient (Wildman–Crippen LogP) is 2.70. The number of fused-ring (bicyclic) bond motifs is 1. The quantitative estimate of drug-likeness (QED) is 0.593. The van der Waals surface area contributed by atoms with Gasteiger partial charge in [0.25, 0.3) is 0 Å². The van der Waals surface area contributed by atoms with E-state index in [1.54, 1.807) is 12.1 Å². The fourth-order valence-corrected chi connectivity index (χ4v) is 4.19. The van der Waals surface area contributed by atoms with E-state index >= 15 is 0 Å². The Morgan fingerprint density at radius 3 is 2.63 bits per heavy atom. The Bertz CT molecular complexity index is 1080. The summed E-state index contributed by atoms with van der Waals surface area (Å²) < 4.78 is 28.8. The lowest BCUT2D eigenvalue weighted by molar-refractivity contribution is -0.121. The number of nitrogens with zero attached hydrogens (tertiary/aromatic N) is 1. The van der Waals surface area contributed by atoms with Crippen LogP contribution in [0, 0.1) is 6.92 Å². The molecular weight excluding hydrogens is 386 g/mol. The van der Waals surface area contributed by atoms with Crippen LogP contribution in [0.25, 0.3) is 10.9 Å². The number of nitrogens with one attached hydrogen (secondary N) is 2. The molecule has 6 nitrogen and oxygen atoms in total. The summed E-state index contributed by atoms with van der Waals surface area (Å²) >= 11 is 5.82. The van der Waals surface area contributed by atoms with Gasteiger partial charge in [0.1, 0.15) is 6.54 Å². The fraction of sp³-hybridized carbons (Fsp3) is 0.211. The number of carbonyl (C=O) groups excluding carboxylic acids is 1. The first kappa shape index (κ1) is 19.4. The topological polar surface area (TPSA) is 80.2 Å². The molecule has 2 N–H and O–H groups in total. The van der Waals surface area contributed by atoms with Crippen molar-refractivity contribution in [2.24, 2.45) is 0 Å². The summed E-state index contributed by atoms with van der Waals surface area (Å²) in [6.07, 6.45) is 0. The maximum absolute atomic E-state index is 12.2. The molecule has 3 aromatic rings. The van der Waals surface area contributed by atoms with Crippen LogP contribution < -0.4 is 10.0 Å². The van der Waals surface area contributed by atoms with E-state index in [2.05, 4.69) is 10.0 Å². The summed E-state index contributed by atoms with van der Waals surface area (Å²) in [5.41, 5.74) is 1.99. The van der Waals surface area contributed by atoms with Gasteiger partial charge < -0.3 is 9.88 Å². The van der Waals surface area contributed by atoms with Crippen LogP contribution >= 0.6 is 11.6 Å². The molecule has 142 valence electrons. The highest BCUT2D eigenvalue weighted by Crippen LogP contribution is 2.19. The number of carbonyl (C=O) groups is 1. The smallest absolute Gasteiger partial charge is 0.240 e. The second-order valence-electron chi connectivity index (χ2n) is 6.14. The summed E-state index contributed by atoms with van der Waals surface area (Å²) in [6.45, 7) is 2.41. The number of amides is 1. The minimum atomic E-state index is -3.66. The summed E-state index contributed by atoms with van der Waals surface area (Å²) in [5.74, 6) is -0.179. The van der Waals surface area contributed by atoms with E-state index in [1.807, 2.05) is 41.8 Å². The molecule has 0 radical (unpaired) electrons. The van der Waals surface area contributed by atoms with Gasteiger partial charge in [0.15, 0.2) is 0 Å². The summed E-state index contributed by atoms with van der Waals surface area (Å²) in [6, 6.07) is 15.9. The van der Waals surface area contributed by atoms with Crippen molar-refractivity contribution < 1.29 is 13.2 Å². The molecule has 3 rings (SSSR count). The molecule has 0 unspecified atom stereocenters. The summed E-state index contributed by atoms with van der Waals surface area (Å²) in [7, 11) is -3.66. The predicted molar refractivity (Wildman–Crippen MR) is 106 cm³/mol. The number of para-hydroxylation sites is 1. The van der Waals surface area contributed by atoms with Gasteiger partial charge in [-0.05, 0) is 42.6 Å². The van der Waals surface area contributed by atoms with E-state index in [-0.39, 0.29) is 30.4 Å². The Hall–Kier alpha value is -2.35. The van der Waals surface area contributed by atoms with Crippen LogP contribution in [-0.2, 0) is 21.4 Å². The van der Waals surface area contributed by atoms with Crippen LogP contribution in [0.4, 0.5) is 0 Å². The van der Waals surface area contributed by atoms with Gasteiger partial charge in [-0.25, -0.2) is 13.1 Å². The molecule has 0 fully saturated rings. The van der Waals surface area contributed by atoms with E-state index in [0.29, 0.717) is 5.02 Å². The van der Waals surface area contributed by atoms with Crippen molar-refractivity contribution in [3.05, 3.63) is 65.3 Å². The minimum Gasteiger partial charge on any atom is -0.353 e. The van der Waals surface area contributed by atoms with Gasteiger partial charge in [-0.3, -0.25) is 4.79 Å². The molecule has 1 amide bonds. The van der Waals surface area contributed by atoms with Crippen molar-refractivity contribution in [1.82, 2.24) is 14.6 Å². The number of sulfonamides is 1. The third-order valence-corrected chi connectivity index (χ3v) is 5.86. The SMILES string of the molecule is Cc1cc2ccccc2n1CC(=O)NCCNS(=O)(=O)c1cccc(Cl)c1. The van der Waals surface area contributed by atoms with Crippen LogP contribution in [0.2, 0.25) is 5.02 Å². The Morgan fingerprint density at radius 2 is 1.85 bits per heavy atom. The van der Waals surface area contributed by atoms with Crippen LogP contribution in [0.1, 0.15) is 5.69 Å². The molecule has 0 aliphatic rings. The number of halogens is 1. The summed E-state index contributed by atoms with van der Waals surface area (Å²) in [5, 5.41) is 4.16. The Balaban J connectivity index is 1.53. The average Bonchev–Trinajstić information content (AvgIpc) is 2.94. The van der Waals surface area contributed by atoms with Crippen LogP contribution in [0.3, 0.4) is 0 Å². The standard InChI is InChI=1S/C19H20ClN3O3S/c1-14-11-15-5-2-3-8-18(15)23(14)13-19(24)21-9-10-22-27(25,26)17-7-4-6-16(20)12-17/h2-8,11-12,22H,9-10,13H2,1H3,(H,21,24). The van der Waals surface area contributed by atoms with Gasteiger partial charge in [0.05, 0.1) is 4.90 Å². The second kappa shape index (κ2) is 8.12. The molecule has 0 saturated heterocycles. The van der Waals surface area contributed by atoms with Crippen molar-refractivity contribution in [2.45, 2.75) is 18.4 Å². The molecule has 0 aliphatic carbocycles. The number of hydrogen-bond acceptors (Lipinski definition) is 3. The average molecular weight is 406 g/mol. The lowest BCUT2D eigenvalue weighted by Crippen LogP contribution is -2.36. The highest BCUT2D eigenvalue weighted by atomic mass is 35.5. The number of rotatable bonds is 7. The zero-order chi connectivity index (χ0) is 19.4. The lowest BCUT2D eigenvalue weighted by atomic mass is 10.2. The first-order chi connectivity index (χ1) is 12.9. The van der Waals surface area contributed by atoms with Crippen molar-refractivity contribution in [3.63, 3.8) is 0 Å². The molecule has 0 aliphatic heterocycles. The minimum absolute atomic E-state index is 0.0893. The number of aryl methyl sites for hydroxylation is 1. The van der Waals surface area contributed by atoms with Crippen LogP contribution in [0.15, 0.2) is 59.5 Å². The Morgan fingerprint density at radius 1 is 1.07 bits per heavy atom. The highest BCUT2D eigenvalue weighted by molar-refractivity contribution is 7.89. The van der Waals surface area contributed by atoms with Crippen LogP contribution in [0.5, 0.6) is 0 Å². The third kappa shape index (κ3) is 4.68. The van der Waals surface area contributed by atoms with E-state index in [1.165, 1.54) is 12.1 Å². The van der Waals surface area contributed by atoms with E-state index in [4.69, 9.17) is 11.6 Å². The largest absolute Gasteiger partial charge is 0.353 e. The van der Waals surface area contributed by atoms with Gasteiger partial charge in [0.2, 0.25) is 15.9 Å². The lowest BCUT2D eigenvalue weighted by Gasteiger charge is -2.10. The molecule has 0 saturated carbocycles. The fourth-order valence-electron chi connectivity index (χ4n) is 2.86. The first-order valence-electron chi connectivity index (χ1n) is 8.43. The second-order valence-corrected chi connectivity index (χ2v) is 8.34. The first-order valence-corrected chi connectivity index (χ1v) is 10.3. The Labute approximate surface area is 163 Å². The normalized spacial score (nSPS) is 11.6. The number of benzene rings is 2. The molecule has 1 aromatic heterocycles. The number of hydrogen-bond donors (Lipinski definition) is 2. The van der Waals surface area contributed by atoms with Crippen molar-refractivity contribution in [3.8, 4) is 0 Å². The van der Waals surface area contributed by atoms with Gasteiger partial charge >= 0.3 is 0 Å². The van der Waals surface area contributed by atoms with E-state index in [0.717, 1.165) is 16.6 Å². The molecule has 0 spiro atoms. The molecule has 27 heavy (non-hydrogen) atoms. The Kier molecular flexibility index (Phi) is 5.84. The third-order valence-electron chi connectivity index (χ3n) is 4.17. The maximum Gasteiger partial charge on any atom is 0.240 e. The molecular formula is C19H20ClN3O3S. The van der Waals surface area contributed by atoms with Crippen molar-refractivity contribution in [2.75, 3.05) is 13.1 Å². The molecule has 0 bridgehead atoms. The van der Waals surface area contributed by atoms with E-state index in [9.17, 15) is 13.2 Å². The van der Waals surface area contributed by atoms with Gasteiger partial charge in [-0.1, -0.05) is 35.9 Å². The van der Waals surface area contributed by atoms with E-state index < -0.39 is 10.0 Å². The molecule has 8 heteroatoms. The highest BCUT2D eigenvalue weighted by Gasteiger charge is 2.14. The van der Waals surface area contributed by atoms with Crippen LogP contribution in [-0.4, -0.2) is 32.0 Å². The maximum atomic E-state index is 12.2. The molecule has 2 aromatic carbocycles. The van der Waals surface area contributed by atoms with Gasteiger partial charge in [-0.15, -0.1) is 0 Å². The summed E-state index contributed by atoms with van der Waals surface area (Å²) in [4.78, 5) is 12.3. The molecule has 0 atom stereocenters. The van der Waals surface area contributed by atoms with Gasteiger partial charge in [0, 0.05) is 29.3 Å². The molecule has 1 heterocycles. The van der Waals surface area contributed by atoms with Gasteiger partial charge in [-0.2, -0.15) is 0 Å². The zero-order valence-electron chi connectivity index (χ0n) is 14.8. The van der Waals surface area contributed by atoms with Crippen molar-refractivity contribution in [1.29, 1.82) is 0 Å². The zero-order valence-corrected chi connectivity index (χ0v) is 16.3.